The maximum atomic E-state index is 14.2. The molecule has 232 valence electrons. The van der Waals surface area contributed by atoms with Crippen LogP contribution < -0.4 is 5.32 Å². The third kappa shape index (κ3) is 6.01. The predicted molar refractivity (Wildman–Crippen MR) is 161 cm³/mol. The number of amides is 4. The summed E-state index contributed by atoms with van der Waals surface area (Å²) in [6.45, 7) is 0.0349. The number of aromatic hydroxyl groups is 1. The molecule has 0 spiro atoms. The molecule has 0 saturated carbocycles. The number of hydrogen-bond donors (Lipinski definition) is 2. The quantitative estimate of drug-likeness (QED) is 0.326. The Balaban J connectivity index is 1.34. The van der Waals surface area contributed by atoms with E-state index in [0.29, 0.717) is 5.56 Å². The van der Waals surface area contributed by atoms with Crippen LogP contribution in [0.2, 0.25) is 0 Å². The summed E-state index contributed by atoms with van der Waals surface area (Å²) < 4.78 is 39.3. The van der Waals surface area contributed by atoms with Gasteiger partial charge < -0.3 is 20.2 Å². The van der Waals surface area contributed by atoms with E-state index in [1.807, 2.05) is 42.5 Å². The van der Waals surface area contributed by atoms with Crippen molar-refractivity contribution in [3.63, 3.8) is 0 Å². The topological polar surface area (TPSA) is 96.4 Å². The Labute approximate surface area is 257 Å². The minimum Gasteiger partial charge on any atom is -0.508 e. The number of phenols is 1. The smallest absolute Gasteiger partial charge is 0.416 e. The average molecular weight is 618 g/mol. The molecule has 2 N–H and O–H groups in total. The molecule has 4 aromatic rings. The van der Waals surface area contributed by atoms with Crippen LogP contribution in [0.15, 0.2) is 91.0 Å². The van der Waals surface area contributed by atoms with E-state index in [9.17, 15) is 32.7 Å². The molecule has 6 rings (SSSR count). The fourth-order valence-electron chi connectivity index (χ4n) is 6.06. The van der Waals surface area contributed by atoms with Crippen molar-refractivity contribution in [3.05, 3.63) is 108 Å². The molecular formula is C33H30F3N5O4. The first-order valence-corrected chi connectivity index (χ1v) is 14.3. The molecule has 12 heteroatoms. The van der Waals surface area contributed by atoms with Gasteiger partial charge in [0.2, 0.25) is 11.8 Å². The summed E-state index contributed by atoms with van der Waals surface area (Å²) in [5.74, 6) is -0.567. The minimum atomic E-state index is -4.52. The fraction of sp³-hybridized carbons (Fsp3) is 0.242. The number of nitrogens with one attached hydrogen (secondary N) is 1. The van der Waals surface area contributed by atoms with Gasteiger partial charge in [-0.3, -0.25) is 9.59 Å². The molecule has 4 aromatic carbocycles. The Morgan fingerprint density at radius 3 is 2.33 bits per heavy atom. The van der Waals surface area contributed by atoms with Gasteiger partial charge >= 0.3 is 12.2 Å². The number of nitrogens with zero attached hydrogens (tertiary/aromatic N) is 4. The van der Waals surface area contributed by atoms with Crippen LogP contribution >= 0.6 is 0 Å². The first kappa shape index (κ1) is 29.9. The third-order valence-electron chi connectivity index (χ3n) is 8.22. The van der Waals surface area contributed by atoms with E-state index in [0.717, 1.165) is 28.5 Å². The summed E-state index contributed by atoms with van der Waals surface area (Å²) in [6, 6.07) is 22.5. The molecule has 0 aliphatic carbocycles. The Morgan fingerprint density at radius 1 is 0.933 bits per heavy atom. The molecule has 2 saturated heterocycles. The van der Waals surface area contributed by atoms with Crippen molar-refractivity contribution in [2.75, 3.05) is 25.5 Å². The maximum Gasteiger partial charge on any atom is 0.416 e. The van der Waals surface area contributed by atoms with Gasteiger partial charge in [-0.2, -0.15) is 13.2 Å². The molecule has 9 nitrogen and oxygen atoms in total. The Hall–Kier alpha value is -5.10. The van der Waals surface area contributed by atoms with E-state index in [1.54, 1.807) is 24.1 Å². The number of fused-ring (bicyclic) bond motifs is 2. The van der Waals surface area contributed by atoms with Gasteiger partial charge in [-0.05, 0) is 58.3 Å². The first-order chi connectivity index (χ1) is 21.5. The molecule has 2 heterocycles. The van der Waals surface area contributed by atoms with Gasteiger partial charge in [-0.1, -0.05) is 54.6 Å². The van der Waals surface area contributed by atoms with Gasteiger partial charge in [0, 0.05) is 25.7 Å². The van der Waals surface area contributed by atoms with Crippen LogP contribution in [0.3, 0.4) is 0 Å². The molecule has 1 unspecified atom stereocenters. The zero-order valence-corrected chi connectivity index (χ0v) is 24.2. The van der Waals surface area contributed by atoms with Crippen molar-refractivity contribution in [1.29, 1.82) is 0 Å². The number of hydrogen-bond acceptors (Lipinski definition) is 5. The number of hydrazine groups is 1. The highest BCUT2D eigenvalue weighted by Crippen LogP contribution is 2.32. The molecular weight excluding hydrogens is 587 g/mol. The number of anilines is 1. The molecule has 2 atom stereocenters. The second kappa shape index (κ2) is 11.8. The first-order valence-electron chi connectivity index (χ1n) is 14.3. The zero-order chi connectivity index (χ0) is 31.9. The number of phenolic OH excluding ortho intramolecular Hbond substituents is 1. The molecule has 2 aliphatic rings. The van der Waals surface area contributed by atoms with E-state index >= 15 is 0 Å². The lowest BCUT2D eigenvalue weighted by atomic mass is 9.97. The Kier molecular flexibility index (Phi) is 7.83. The molecule has 0 radical (unpaired) electrons. The van der Waals surface area contributed by atoms with E-state index in [4.69, 9.17) is 0 Å². The van der Waals surface area contributed by atoms with Crippen LogP contribution in [0.5, 0.6) is 5.75 Å². The second-order valence-electron chi connectivity index (χ2n) is 11.2. The number of piperazine rings is 1. The highest BCUT2D eigenvalue weighted by molar-refractivity contribution is 5.94. The number of halogens is 3. The van der Waals surface area contributed by atoms with Crippen molar-refractivity contribution in [3.8, 4) is 5.75 Å². The van der Waals surface area contributed by atoms with Crippen molar-refractivity contribution in [2.45, 2.75) is 31.3 Å². The lowest BCUT2D eigenvalue weighted by molar-refractivity contribution is -0.186. The van der Waals surface area contributed by atoms with Gasteiger partial charge in [0.15, 0.2) is 0 Å². The third-order valence-corrected chi connectivity index (χ3v) is 8.22. The number of carbonyl (C=O) groups is 3. The van der Waals surface area contributed by atoms with E-state index in [1.165, 1.54) is 39.2 Å². The predicted octanol–water partition coefficient (Wildman–Crippen LogP) is 5.07. The molecule has 0 aromatic heterocycles. The largest absolute Gasteiger partial charge is 0.508 e. The van der Waals surface area contributed by atoms with Crippen molar-refractivity contribution in [2.24, 2.45) is 0 Å². The van der Waals surface area contributed by atoms with E-state index in [2.05, 4.69) is 5.32 Å². The maximum absolute atomic E-state index is 14.2. The summed E-state index contributed by atoms with van der Waals surface area (Å²) in [7, 11) is 1.57. The summed E-state index contributed by atoms with van der Waals surface area (Å²) in [5, 5.41) is 17.2. The average Bonchev–Trinajstić information content (AvgIpc) is 3.00. The van der Waals surface area contributed by atoms with Gasteiger partial charge in [0.1, 0.15) is 18.0 Å². The van der Waals surface area contributed by atoms with Crippen LogP contribution in [-0.4, -0.2) is 75.1 Å². The zero-order valence-electron chi connectivity index (χ0n) is 24.2. The highest BCUT2D eigenvalue weighted by atomic mass is 19.4. The fourth-order valence-corrected chi connectivity index (χ4v) is 6.06. The van der Waals surface area contributed by atoms with Crippen LogP contribution in [-0.2, 0) is 28.7 Å². The minimum absolute atomic E-state index is 0.00461. The SMILES string of the molecule is CN1CC(=O)N2C(CN(Cc3cccc4ccccc34)C(=O)[C@@H]2Cc2ccc(O)cc2)N1C(=O)Nc1ccc(C(F)(F)F)cc1. The number of rotatable bonds is 5. The monoisotopic (exact) mass is 617 g/mol. The Morgan fingerprint density at radius 2 is 1.62 bits per heavy atom. The van der Waals surface area contributed by atoms with Gasteiger partial charge in [-0.25, -0.2) is 14.8 Å². The van der Waals surface area contributed by atoms with Crippen LogP contribution in [0.1, 0.15) is 16.7 Å². The summed E-state index contributed by atoms with van der Waals surface area (Å²) in [5.41, 5.74) is 0.906. The van der Waals surface area contributed by atoms with E-state index in [-0.39, 0.29) is 49.3 Å². The lowest BCUT2D eigenvalue weighted by Gasteiger charge is -2.54. The number of carbonyl (C=O) groups excluding carboxylic acids is 3. The van der Waals surface area contributed by atoms with E-state index < -0.39 is 30.0 Å². The number of benzene rings is 4. The van der Waals surface area contributed by atoms with Crippen LogP contribution in [0.4, 0.5) is 23.7 Å². The highest BCUT2D eigenvalue weighted by Gasteiger charge is 2.50. The molecule has 45 heavy (non-hydrogen) atoms. The Bertz CT molecular complexity index is 1740. The normalized spacial score (nSPS) is 19.2. The molecule has 4 amide bonds. The summed E-state index contributed by atoms with van der Waals surface area (Å²) in [6.07, 6.45) is -5.28. The summed E-state index contributed by atoms with van der Waals surface area (Å²) >= 11 is 0. The molecule has 2 aliphatic heterocycles. The van der Waals surface area contributed by atoms with Gasteiger partial charge in [0.25, 0.3) is 0 Å². The number of likely N-dealkylation sites (N-methyl/N-ethyl adjacent to an activating group) is 1. The van der Waals surface area contributed by atoms with Crippen molar-refractivity contribution in [1.82, 2.24) is 19.8 Å². The van der Waals surface area contributed by atoms with Gasteiger partial charge in [0.05, 0.1) is 18.7 Å². The number of alkyl halides is 3. The molecule has 0 bridgehead atoms. The second-order valence-corrected chi connectivity index (χ2v) is 11.2. The summed E-state index contributed by atoms with van der Waals surface area (Å²) in [4.78, 5) is 44.5. The molecule has 2 fully saturated rings. The van der Waals surface area contributed by atoms with Gasteiger partial charge in [-0.15, -0.1) is 0 Å². The van der Waals surface area contributed by atoms with Crippen molar-refractivity contribution < 1.29 is 32.7 Å². The standard InChI is InChI=1S/C33H30F3N5O4/c1-38-20-30(43)40-28(17-21-9-15-26(42)16-10-21)31(44)39(18-23-7-4-6-22-5-2-3-8-27(22)23)19-29(40)41(38)32(45)37-25-13-11-24(12-14-25)33(34,35)36/h2-16,28-29,42H,17-20H2,1H3,(H,37,45)/t28-,29?/m0/s1. The van der Waals surface area contributed by atoms with Crippen LogP contribution in [0.25, 0.3) is 10.8 Å². The van der Waals surface area contributed by atoms with Crippen LogP contribution in [0, 0.1) is 0 Å². The number of urea groups is 1. The lowest BCUT2D eigenvalue weighted by Crippen LogP contribution is -2.75. The van der Waals surface area contributed by atoms with Crippen molar-refractivity contribution >= 4 is 34.3 Å².